The zero-order valence-corrected chi connectivity index (χ0v) is 19.6. The molecule has 1 radical (unpaired) electrons. The first kappa shape index (κ1) is 20.3. The van der Waals surface area contributed by atoms with Crippen LogP contribution in [0.3, 0.4) is 0 Å². The number of rotatable bonds is 3. The summed E-state index contributed by atoms with van der Waals surface area (Å²) in [6.07, 6.45) is 6.12. The van der Waals surface area contributed by atoms with Gasteiger partial charge in [0.2, 0.25) is 0 Å². The molecular weight excluding hydrogens is 469 g/mol. The summed E-state index contributed by atoms with van der Waals surface area (Å²) in [5.74, 6) is 0. The van der Waals surface area contributed by atoms with Crippen LogP contribution in [0.2, 0.25) is 0 Å². The summed E-state index contributed by atoms with van der Waals surface area (Å²) in [6, 6.07) is 7.02. The Bertz CT molecular complexity index is 722. The summed E-state index contributed by atoms with van der Waals surface area (Å²) >= 11 is -1.33. The Labute approximate surface area is 161 Å². The molecule has 1 aromatic heterocycles. The summed E-state index contributed by atoms with van der Waals surface area (Å²) < 4.78 is 1.46. The molecule has 3 rings (SSSR count). The molecular formula is C17H19Cl4SZr. The second kappa shape index (κ2) is 8.56. The third-order valence-corrected chi connectivity index (χ3v) is 5.19. The summed E-state index contributed by atoms with van der Waals surface area (Å²) in [7, 11) is 20.1. The Morgan fingerprint density at radius 3 is 2.35 bits per heavy atom. The molecule has 1 aromatic carbocycles. The van der Waals surface area contributed by atoms with Gasteiger partial charge in [-0.05, 0) is 54.8 Å². The number of hydrogen-bond donors (Lipinski definition) is 0. The number of aryl methyl sites for hydroxylation is 1. The molecule has 0 saturated heterocycles. The van der Waals surface area contributed by atoms with Gasteiger partial charge in [0.1, 0.15) is 0 Å². The molecule has 0 spiro atoms. The summed E-state index contributed by atoms with van der Waals surface area (Å²) in [5, 5.41) is 1.44. The number of hydrogen-bond acceptors (Lipinski definition) is 1. The van der Waals surface area contributed by atoms with Crippen molar-refractivity contribution in [1.29, 1.82) is 0 Å². The monoisotopic (exact) mass is 485 g/mol. The van der Waals surface area contributed by atoms with Crippen molar-refractivity contribution in [3.63, 3.8) is 0 Å². The fraction of sp³-hybridized carbons (Fsp3) is 0.353. The second-order valence-electron chi connectivity index (χ2n) is 5.66. The Hall–Kier alpha value is 0.963. The average molecular weight is 488 g/mol. The number of halogens is 4. The fourth-order valence-electron chi connectivity index (χ4n) is 2.62. The number of allylic oxidation sites excluding steroid dienone is 2. The molecule has 0 amide bonds. The van der Waals surface area contributed by atoms with Crippen molar-refractivity contribution < 1.29 is 15.5 Å². The van der Waals surface area contributed by atoms with Crippen LogP contribution >= 0.6 is 45.4 Å². The van der Waals surface area contributed by atoms with Crippen LogP contribution in [-0.4, -0.2) is 0 Å². The standard InChI is InChI=1S/C17H19S.4ClH.Zr/c1-4-5-6-13-7-8-14-15-9-11(2)12(3)17(15)18-16(14)10-13;;;;;/h7-10H,4-6H2,1-3H3;4*1H;/q;;;;;+4/p-4. The molecule has 0 unspecified atom stereocenters. The van der Waals surface area contributed by atoms with E-state index >= 15 is 0 Å². The van der Waals surface area contributed by atoms with Gasteiger partial charge in [-0.1, -0.05) is 31.1 Å². The Morgan fingerprint density at radius 2 is 1.74 bits per heavy atom. The predicted octanol–water partition coefficient (Wildman–Crippen LogP) is 8.36. The van der Waals surface area contributed by atoms with Gasteiger partial charge in [-0.3, -0.25) is 0 Å². The van der Waals surface area contributed by atoms with Gasteiger partial charge in [0.15, 0.2) is 0 Å². The summed E-state index contributed by atoms with van der Waals surface area (Å²) in [6.45, 7) is 6.71. The first-order valence-corrected chi connectivity index (χ1v) is 21.0. The minimum atomic E-state index is -3.29. The topological polar surface area (TPSA) is 0 Å². The molecule has 0 nitrogen and oxygen atoms in total. The summed E-state index contributed by atoms with van der Waals surface area (Å²) in [4.78, 5) is 1.48. The van der Waals surface area contributed by atoms with E-state index in [-0.39, 0.29) is 0 Å². The maximum atomic E-state index is 5.04. The van der Waals surface area contributed by atoms with E-state index in [1.165, 1.54) is 56.5 Å². The van der Waals surface area contributed by atoms with E-state index < -0.39 is 15.5 Å². The molecule has 1 heterocycles. The zero-order chi connectivity index (χ0) is 17.2. The molecule has 0 saturated carbocycles. The molecule has 0 bridgehead atoms. The van der Waals surface area contributed by atoms with E-state index in [0.717, 1.165) is 0 Å². The molecule has 2 aromatic rings. The quantitative estimate of drug-likeness (QED) is 0.407. The maximum absolute atomic E-state index is 5.04. The molecule has 0 N–H and O–H groups in total. The average Bonchev–Trinajstić information content (AvgIpc) is 2.92. The van der Waals surface area contributed by atoms with Gasteiger partial charge < -0.3 is 0 Å². The van der Waals surface area contributed by atoms with Crippen molar-refractivity contribution in [1.82, 2.24) is 0 Å². The number of thiophene rings is 1. The first-order chi connectivity index (χ1) is 10.7. The van der Waals surface area contributed by atoms with Crippen molar-refractivity contribution >= 4 is 61.0 Å². The van der Waals surface area contributed by atoms with Crippen molar-refractivity contribution in [2.24, 2.45) is 0 Å². The van der Waals surface area contributed by atoms with E-state index in [0.29, 0.717) is 0 Å². The third-order valence-electron chi connectivity index (χ3n) is 3.90. The second-order valence-corrected chi connectivity index (χ2v) is 29.1. The van der Waals surface area contributed by atoms with Gasteiger partial charge in [-0.15, -0.1) is 11.3 Å². The Balaban J connectivity index is 0.000000338. The molecule has 0 aliphatic heterocycles. The van der Waals surface area contributed by atoms with Gasteiger partial charge in [-0.2, -0.15) is 0 Å². The van der Waals surface area contributed by atoms with Crippen LogP contribution in [0.4, 0.5) is 0 Å². The van der Waals surface area contributed by atoms with Crippen molar-refractivity contribution in [2.45, 2.75) is 40.0 Å². The molecule has 1 aliphatic rings. The van der Waals surface area contributed by atoms with E-state index in [2.05, 4.69) is 45.4 Å². The number of benzene rings is 1. The van der Waals surface area contributed by atoms with Gasteiger partial charge in [0.25, 0.3) is 0 Å². The van der Waals surface area contributed by atoms with Gasteiger partial charge >= 0.3 is 49.5 Å². The molecule has 125 valence electrons. The van der Waals surface area contributed by atoms with E-state index in [1.54, 1.807) is 0 Å². The molecule has 6 heteroatoms. The number of fused-ring (bicyclic) bond motifs is 3. The van der Waals surface area contributed by atoms with Crippen LogP contribution in [-0.2, 0) is 21.9 Å². The third kappa shape index (κ3) is 5.73. The van der Waals surface area contributed by atoms with Crippen LogP contribution in [0.5, 0.6) is 0 Å². The van der Waals surface area contributed by atoms with Gasteiger partial charge in [-0.25, -0.2) is 0 Å². The van der Waals surface area contributed by atoms with Crippen LogP contribution in [0.25, 0.3) is 15.7 Å². The van der Waals surface area contributed by atoms with E-state index in [4.69, 9.17) is 34.1 Å². The molecule has 0 atom stereocenters. The Kier molecular flexibility index (Phi) is 7.55. The predicted molar refractivity (Wildman–Crippen MR) is 106 cm³/mol. The van der Waals surface area contributed by atoms with Gasteiger partial charge in [0.05, 0.1) is 0 Å². The van der Waals surface area contributed by atoms with Crippen LogP contribution in [0.15, 0.2) is 23.8 Å². The van der Waals surface area contributed by atoms with E-state index in [1.807, 2.05) is 11.3 Å². The number of unbranched alkanes of at least 4 members (excludes halogenated alkanes) is 1. The zero-order valence-electron chi connectivity index (χ0n) is 13.4. The molecule has 0 fully saturated rings. The summed E-state index contributed by atoms with van der Waals surface area (Å²) in [5.41, 5.74) is 5.82. The van der Waals surface area contributed by atoms with Crippen LogP contribution in [0, 0.1) is 6.42 Å². The first-order valence-electron chi connectivity index (χ1n) is 7.54. The van der Waals surface area contributed by atoms with Crippen molar-refractivity contribution in [3.05, 3.63) is 46.2 Å². The van der Waals surface area contributed by atoms with Crippen LogP contribution in [0.1, 0.15) is 49.6 Å². The van der Waals surface area contributed by atoms with Crippen molar-refractivity contribution in [2.75, 3.05) is 0 Å². The van der Waals surface area contributed by atoms with Gasteiger partial charge in [0, 0.05) is 16.0 Å². The van der Waals surface area contributed by atoms with E-state index in [9.17, 15) is 0 Å². The van der Waals surface area contributed by atoms with Crippen LogP contribution < -0.4 is 0 Å². The fourth-order valence-corrected chi connectivity index (χ4v) is 3.93. The SMILES string of the molecule is CCCCc1ccc2c3c(sc2c1)C(C)=C(C)[CH]3.[Cl][Zr]([Cl])([Cl])[Cl]. The normalized spacial score (nSPS) is 14.0. The van der Waals surface area contributed by atoms with Crippen molar-refractivity contribution in [3.8, 4) is 0 Å². The minimum absolute atomic E-state index is 1.21. The molecule has 1 aliphatic carbocycles. The molecule has 23 heavy (non-hydrogen) atoms. The Morgan fingerprint density at radius 1 is 1.09 bits per heavy atom.